The van der Waals surface area contributed by atoms with E-state index in [1.165, 1.54) is 38.9 Å². The van der Waals surface area contributed by atoms with E-state index in [-0.39, 0.29) is 6.61 Å². The number of nitrogens with one attached hydrogen (secondary N) is 1. The van der Waals surface area contributed by atoms with Crippen LogP contribution < -0.4 is 5.32 Å². The first-order valence-corrected chi connectivity index (χ1v) is 6.55. The van der Waals surface area contributed by atoms with Crippen molar-refractivity contribution in [3.05, 3.63) is 0 Å². The first kappa shape index (κ1) is 13.9. The van der Waals surface area contributed by atoms with Gasteiger partial charge in [-0.2, -0.15) is 0 Å². The van der Waals surface area contributed by atoms with Gasteiger partial charge in [0.05, 0.1) is 12.7 Å². The molecule has 1 rings (SSSR count). The Labute approximate surface area is 98.6 Å². The lowest BCUT2D eigenvalue weighted by Gasteiger charge is -2.27. The summed E-state index contributed by atoms with van der Waals surface area (Å²) in [6.45, 7) is 5.74. The fraction of sp³-hybridized carbons (Fsp3) is 1.00. The summed E-state index contributed by atoms with van der Waals surface area (Å²) in [5, 5.41) is 21.1. The van der Waals surface area contributed by atoms with Gasteiger partial charge in [0, 0.05) is 26.2 Å². The van der Waals surface area contributed by atoms with Crippen LogP contribution in [0.4, 0.5) is 0 Å². The Morgan fingerprint density at radius 2 is 1.75 bits per heavy atom. The van der Waals surface area contributed by atoms with E-state index in [1.54, 1.807) is 0 Å². The maximum absolute atomic E-state index is 9.15. The highest BCUT2D eigenvalue weighted by Crippen LogP contribution is 2.06. The number of piperazine rings is 1. The van der Waals surface area contributed by atoms with Gasteiger partial charge in [-0.1, -0.05) is 19.3 Å². The van der Waals surface area contributed by atoms with Crippen molar-refractivity contribution in [2.75, 3.05) is 39.3 Å². The van der Waals surface area contributed by atoms with Crippen LogP contribution in [0.2, 0.25) is 0 Å². The van der Waals surface area contributed by atoms with Crippen LogP contribution in [-0.2, 0) is 0 Å². The predicted octanol–water partition coefficient (Wildman–Crippen LogP) is 0.195. The van der Waals surface area contributed by atoms with Crippen molar-refractivity contribution in [2.45, 2.75) is 38.2 Å². The quantitative estimate of drug-likeness (QED) is 0.521. The van der Waals surface area contributed by atoms with Crippen molar-refractivity contribution in [3.63, 3.8) is 0 Å². The minimum Gasteiger partial charge on any atom is -0.394 e. The molecule has 0 amide bonds. The molecule has 1 aliphatic heterocycles. The smallest absolute Gasteiger partial charge is 0.0770 e. The summed E-state index contributed by atoms with van der Waals surface area (Å²) in [7, 11) is 0. The zero-order valence-electron chi connectivity index (χ0n) is 10.2. The molecular weight excluding hydrogens is 204 g/mol. The number of hydrogen-bond donors (Lipinski definition) is 3. The van der Waals surface area contributed by atoms with Crippen LogP contribution >= 0.6 is 0 Å². The number of rotatable bonds is 8. The highest BCUT2D eigenvalue weighted by atomic mass is 16.3. The lowest BCUT2D eigenvalue weighted by atomic mass is 10.1. The van der Waals surface area contributed by atoms with Crippen LogP contribution in [0.1, 0.15) is 32.1 Å². The second kappa shape index (κ2) is 8.93. The molecule has 4 nitrogen and oxygen atoms in total. The summed E-state index contributed by atoms with van der Waals surface area (Å²) < 4.78 is 0. The summed E-state index contributed by atoms with van der Waals surface area (Å²) in [5.74, 6) is 0. The third kappa shape index (κ3) is 6.43. The fourth-order valence-electron chi connectivity index (χ4n) is 2.09. The highest BCUT2D eigenvalue weighted by molar-refractivity contribution is 4.67. The van der Waals surface area contributed by atoms with E-state index in [0.717, 1.165) is 25.9 Å². The Kier molecular flexibility index (Phi) is 7.76. The SMILES string of the molecule is OCC(O)CCCCCCN1CCNCC1. The summed E-state index contributed by atoms with van der Waals surface area (Å²) in [4.78, 5) is 2.51. The van der Waals surface area contributed by atoms with Gasteiger partial charge in [0.1, 0.15) is 0 Å². The highest BCUT2D eigenvalue weighted by Gasteiger charge is 2.08. The van der Waals surface area contributed by atoms with Crippen molar-refractivity contribution >= 4 is 0 Å². The maximum Gasteiger partial charge on any atom is 0.0770 e. The molecule has 16 heavy (non-hydrogen) atoms. The molecule has 0 radical (unpaired) electrons. The molecular formula is C12H26N2O2. The van der Waals surface area contributed by atoms with E-state index in [4.69, 9.17) is 10.2 Å². The molecule has 4 heteroatoms. The maximum atomic E-state index is 9.15. The normalized spacial score (nSPS) is 19.9. The van der Waals surface area contributed by atoms with Gasteiger partial charge in [-0.3, -0.25) is 0 Å². The van der Waals surface area contributed by atoms with E-state index in [1.807, 2.05) is 0 Å². The summed E-state index contributed by atoms with van der Waals surface area (Å²) in [5.41, 5.74) is 0. The number of nitrogens with zero attached hydrogens (tertiary/aromatic N) is 1. The first-order valence-electron chi connectivity index (χ1n) is 6.55. The summed E-state index contributed by atoms with van der Waals surface area (Å²) >= 11 is 0. The van der Waals surface area contributed by atoms with Gasteiger partial charge in [0.2, 0.25) is 0 Å². The molecule has 0 spiro atoms. The van der Waals surface area contributed by atoms with Crippen LogP contribution in [-0.4, -0.2) is 60.5 Å². The monoisotopic (exact) mass is 230 g/mol. The second-order valence-corrected chi connectivity index (χ2v) is 4.63. The van der Waals surface area contributed by atoms with E-state index < -0.39 is 6.10 Å². The lowest BCUT2D eigenvalue weighted by Crippen LogP contribution is -2.43. The summed E-state index contributed by atoms with van der Waals surface area (Å²) in [6, 6.07) is 0. The van der Waals surface area contributed by atoms with E-state index >= 15 is 0 Å². The average Bonchev–Trinajstić information content (AvgIpc) is 2.34. The van der Waals surface area contributed by atoms with Crippen LogP contribution in [0.15, 0.2) is 0 Å². The van der Waals surface area contributed by atoms with Crippen LogP contribution in [0, 0.1) is 0 Å². The molecule has 0 aromatic carbocycles. The van der Waals surface area contributed by atoms with Crippen LogP contribution in [0.25, 0.3) is 0 Å². The Bertz CT molecular complexity index is 161. The molecule has 1 fully saturated rings. The third-order valence-electron chi connectivity index (χ3n) is 3.18. The van der Waals surface area contributed by atoms with Crippen molar-refractivity contribution in [3.8, 4) is 0 Å². The Balaban J connectivity index is 1.84. The van der Waals surface area contributed by atoms with Gasteiger partial charge in [-0.15, -0.1) is 0 Å². The molecule has 1 atom stereocenters. The molecule has 1 heterocycles. The fourth-order valence-corrected chi connectivity index (χ4v) is 2.09. The topological polar surface area (TPSA) is 55.7 Å². The van der Waals surface area contributed by atoms with Crippen molar-refractivity contribution in [1.29, 1.82) is 0 Å². The molecule has 3 N–H and O–H groups in total. The largest absolute Gasteiger partial charge is 0.394 e. The van der Waals surface area contributed by atoms with Gasteiger partial charge in [0.15, 0.2) is 0 Å². The molecule has 0 saturated carbocycles. The molecule has 1 unspecified atom stereocenters. The molecule has 0 aromatic heterocycles. The van der Waals surface area contributed by atoms with Crippen molar-refractivity contribution in [2.24, 2.45) is 0 Å². The number of aliphatic hydroxyl groups excluding tert-OH is 2. The Hall–Kier alpha value is -0.160. The van der Waals surface area contributed by atoms with Gasteiger partial charge < -0.3 is 20.4 Å². The molecule has 96 valence electrons. The molecule has 1 saturated heterocycles. The minimum atomic E-state index is -0.506. The van der Waals surface area contributed by atoms with E-state index in [0.29, 0.717) is 0 Å². The van der Waals surface area contributed by atoms with E-state index in [2.05, 4.69) is 10.2 Å². The average molecular weight is 230 g/mol. The van der Waals surface area contributed by atoms with E-state index in [9.17, 15) is 0 Å². The standard InChI is InChI=1S/C12H26N2O2/c15-11-12(16)5-3-1-2-4-8-14-9-6-13-7-10-14/h12-13,15-16H,1-11H2. The zero-order chi connectivity index (χ0) is 11.6. The molecule has 0 aromatic rings. The number of hydrogen-bond acceptors (Lipinski definition) is 4. The number of aliphatic hydroxyl groups is 2. The zero-order valence-corrected chi connectivity index (χ0v) is 10.2. The van der Waals surface area contributed by atoms with Crippen molar-refractivity contribution in [1.82, 2.24) is 10.2 Å². The molecule has 0 aliphatic carbocycles. The van der Waals surface area contributed by atoms with Crippen molar-refractivity contribution < 1.29 is 10.2 Å². The van der Waals surface area contributed by atoms with Crippen LogP contribution in [0.3, 0.4) is 0 Å². The molecule has 1 aliphatic rings. The Morgan fingerprint density at radius 3 is 2.44 bits per heavy atom. The van der Waals surface area contributed by atoms with Gasteiger partial charge in [-0.25, -0.2) is 0 Å². The lowest BCUT2D eigenvalue weighted by molar-refractivity contribution is 0.0859. The minimum absolute atomic E-state index is 0.0965. The van der Waals surface area contributed by atoms with Gasteiger partial charge in [-0.05, 0) is 19.4 Å². The predicted molar refractivity (Wildman–Crippen MR) is 65.5 cm³/mol. The third-order valence-corrected chi connectivity index (χ3v) is 3.18. The molecule has 0 bridgehead atoms. The second-order valence-electron chi connectivity index (χ2n) is 4.63. The van der Waals surface area contributed by atoms with Crippen LogP contribution in [0.5, 0.6) is 0 Å². The van der Waals surface area contributed by atoms with Gasteiger partial charge >= 0.3 is 0 Å². The summed E-state index contributed by atoms with van der Waals surface area (Å²) in [6.07, 6.45) is 4.93. The van der Waals surface area contributed by atoms with Gasteiger partial charge in [0.25, 0.3) is 0 Å². The first-order chi connectivity index (χ1) is 7.83. The number of unbranched alkanes of at least 4 members (excludes halogenated alkanes) is 3. The Morgan fingerprint density at radius 1 is 1.06 bits per heavy atom.